The molecule has 0 saturated carbocycles. The van der Waals surface area contributed by atoms with Crippen LogP contribution in [0.1, 0.15) is 34.9 Å². The summed E-state index contributed by atoms with van der Waals surface area (Å²) < 4.78 is 0. The van der Waals surface area contributed by atoms with Crippen LogP contribution in [0.25, 0.3) is 6.08 Å². The maximum atomic E-state index is 12.2. The average Bonchev–Trinajstić information content (AvgIpc) is 2.96. The second-order valence-corrected chi connectivity index (χ2v) is 6.83. The fraction of sp³-hybridized carbons (Fsp3) is 0.278. The standard InChI is InChI=1S/C18H21N3O2S/c1-12(2)10-19-18(23)15-6-4-5-7-16(15)21-17(22)9-8-14-11-24-13(3)20-14/h4-9,11-12H,10H2,1-3H3,(H,19,23)(H,21,22)/b9-8+. The van der Waals surface area contributed by atoms with Crippen molar-refractivity contribution in [3.8, 4) is 0 Å². The van der Waals surface area contributed by atoms with Gasteiger partial charge in [0.05, 0.1) is 22.0 Å². The van der Waals surface area contributed by atoms with Gasteiger partial charge in [-0.3, -0.25) is 9.59 Å². The van der Waals surface area contributed by atoms with Crippen LogP contribution in [0.4, 0.5) is 5.69 Å². The van der Waals surface area contributed by atoms with Gasteiger partial charge >= 0.3 is 0 Å². The molecule has 6 heteroatoms. The second kappa shape index (κ2) is 8.40. The average molecular weight is 343 g/mol. The third-order valence-corrected chi connectivity index (χ3v) is 3.93. The minimum atomic E-state index is -0.301. The first kappa shape index (κ1) is 17.9. The third-order valence-electron chi connectivity index (χ3n) is 3.14. The highest BCUT2D eigenvalue weighted by Crippen LogP contribution is 2.15. The molecule has 0 aliphatic carbocycles. The molecule has 0 fully saturated rings. The van der Waals surface area contributed by atoms with Gasteiger partial charge in [0.25, 0.3) is 5.91 Å². The van der Waals surface area contributed by atoms with Crippen molar-refractivity contribution < 1.29 is 9.59 Å². The molecule has 2 amide bonds. The van der Waals surface area contributed by atoms with E-state index in [1.54, 1.807) is 30.3 Å². The molecular weight excluding hydrogens is 322 g/mol. The van der Waals surface area contributed by atoms with E-state index < -0.39 is 0 Å². The Morgan fingerprint density at radius 1 is 1.29 bits per heavy atom. The van der Waals surface area contributed by atoms with E-state index in [0.29, 0.717) is 23.7 Å². The first-order chi connectivity index (χ1) is 11.5. The number of nitrogens with one attached hydrogen (secondary N) is 2. The highest BCUT2D eigenvalue weighted by atomic mass is 32.1. The predicted molar refractivity (Wildman–Crippen MR) is 98.1 cm³/mol. The molecule has 2 rings (SSSR count). The summed E-state index contributed by atoms with van der Waals surface area (Å²) in [6.45, 7) is 6.55. The summed E-state index contributed by atoms with van der Waals surface area (Å²) in [5, 5.41) is 8.43. The number of para-hydroxylation sites is 1. The molecule has 0 radical (unpaired) electrons. The van der Waals surface area contributed by atoms with Crippen LogP contribution in [0.3, 0.4) is 0 Å². The number of hydrogen-bond acceptors (Lipinski definition) is 4. The summed E-state index contributed by atoms with van der Waals surface area (Å²) in [7, 11) is 0. The molecule has 1 heterocycles. The molecule has 5 nitrogen and oxygen atoms in total. The molecule has 24 heavy (non-hydrogen) atoms. The topological polar surface area (TPSA) is 71.1 Å². The van der Waals surface area contributed by atoms with Gasteiger partial charge in [-0.1, -0.05) is 26.0 Å². The number of amides is 2. The predicted octanol–water partition coefficient (Wildman–Crippen LogP) is 3.49. The number of thiazole rings is 1. The van der Waals surface area contributed by atoms with E-state index in [4.69, 9.17) is 0 Å². The zero-order chi connectivity index (χ0) is 17.5. The van der Waals surface area contributed by atoms with E-state index in [-0.39, 0.29) is 11.8 Å². The van der Waals surface area contributed by atoms with Crippen molar-refractivity contribution in [2.75, 3.05) is 11.9 Å². The maximum Gasteiger partial charge on any atom is 0.253 e. The van der Waals surface area contributed by atoms with E-state index in [2.05, 4.69) is 15.6 Å². The fourth-order valence-corrected chi connectivity index (χ4v) is 2.56. The molecule has 1 aromatic carbocycles. The lowest BCUT2D eigenvalue weighted by molar-refractivity contribution is -0.111. The Balaban J connectivity index is 2.05. The van der Waals surface area contributed by atoms with Crippen LogP contribution in [0.2, 0.25) is 0 Å². The van der Waals surface area contributed by atoms with E-state index in [0.717, 1.165) is 10.7 Å². The van der Waals surface area contributed by atoms with Gasteiger partial charge in [0, 0.05) is 18.0 Å². The molecule has 0 aliphatic heterocycles. The Morgan fingerprint density at radius 3 is 2.71 bits per heavy atom. The second-order valence-electron chi connectivity index (χ2n) is 5.76. The van der Waals surface area contributed by atoms with Gasteiger partial charge in [0.1, 0.15) is 0 Å². The summed E-state index contributed by atoms with van der Waals surface area (Å²) in [6.07, 6.45) is 3.07. The Morgan fingerprint density at radius 2 is 2.04 bits per heavy atom. The van der Waals surface area contributed by atoms with Crippen molar-refractivity contribution in [3.63, 3.8) is 0 Å². The largest absolute Gasteiger partial charge is 0.352 e. The summed E-state index contributed by atoms with van der Waals surface area (Å²) in [5.74, 6) is -0.135. The molecule has 126 valence electrons. The van der Waals surface area contributed by atoms with E-state index >= 15 is 0 Å². The highest BCUT2D eigenvalue weighted by Gasteiger charge is 2.12. The SMILES string of the molecule is Cc1nc(/C=C/C(=O)Nc2ccccc2C(=O)NCC(C)C)cs1. The number of carbonyl (C=O) groups excluding carboxylic acids is 2. The monoisotopic (exact) mass is 343 g/mol. The van der Waals surface area contributed by atoms with Gasteiger partial charge in [0.2, 0.25) is 5.91 Å². The number of carbonyl (C=O) groups is 2. The third kappa shape index (κ3) is 5.31. The van der Waals surface area contributed by atoms with Crippen molar-refractivity contribution in [2.24, 2.45) is 5.92 Å². The lowest BCUT2D eigenvalue weighted by Gasteiger charge is -2.11. The number of nitrogens with zero attached hydrogens (tertiary/aromatic N) is 1. The zero-order valence-electron chi connectivity index (χ0n) is 14.0. The normalized spacial score (nSPS) is 11.0. The lowest BCUT2D eigenvalue weighted by Crippen LogP contribution is -2.28. The van der Waals surface area contributed by atoms with E-state index in [9.17, 15) is 9.59 Å². The summed E-state index contributed by atoms with van der Waals surface area (Å²) in [6, 6.07) is 6.96. The van der Waals surface area contributed by atoms with Gasteiger partial charge < -0.3 is 10.6 Å². The van der Waals surface area contributed by atoms with Gasteiger partial charge in [0.15, 0.2) is 0 Å². The first-order valence-corrected chi connectivity index (χ1v) is 8.62. The van der Waals surface area contributed by atoms with Crippen molar-refractivity contribution in [2.45, 2.75) is 20.8 Å². The van der Waals surface area contributed by atoms with Crippen LogP contribution in [0, 0.1) is 12.8 Å². The van der Waals surface area contributed by atoms with Gasteiger partial charge in [-0.25, -0.2) is 4.98 Å². The van der Waals surface area contributed by atoms with Crippen molar-refractivity contribution in [1.29, 1.82) is 0 Å². The Hall–Kier alpha value is -2.47. The van der Waals surface area contributed by atoms with Crippen LogP contribution in [0.15, 0.2) is 35.7 Å². The van der Waals surface area contributed by atoms with Gasteiger partial charge in [-0.05, 0) is 31.1 Å². The number of rotatable bonds is 6. The lowest BCUT2D eigenvalue weighted by atomic mass is 10.1. The molecule has 0 aliphatic rings. The number of hydrogen-bond donors (Lipinski definition) is 2. The number of anilines is 1. The molecule has 0 atom stereocenters. The zero-order valence-corrected chi connectivity index (χ0v) is 14.8. The molecule has 0 spiro atoms. The molecular formula is C18H21N3O2S. The molecule has 2 aromatic rings. The maximum absolute atomic E-state index is 12.2. The highest BCUT2D eigenvalue weighted by molar-refractivity contribution is 7.09. The molecule has 2 N–H and O–H groups in total. The molecule has 0 saturated heterocycles. The van der Waals surface area contributed by atoms with Crippen molar-refractivity contribution in [3.05, 3.63) is 52.0 Å². The van der Waals surface area contributed by atoms with Crippen LogP contribution in [-0.2, 0) is 4.79 Å². The van der Waals surface area contributed by atoms with Crippen molar-refractivity contribution >= 4 is 34.9 Å². The van der Waals surface area contributed by atoms with Crippen LogP contribution in [0.5, 0.6) is 0 Å². The van der Waals surface area contributed by atoms with Crippen molar-refractivity contribution in [1.82, 2.24) is 10.3 Å². The summed E-state index contributed by atoms with van der Waals surface area (Å²) in [4.78, 5) is 28.6. The van der Waals surface area contributed by atoms with Crippen LogP contribution < -0.4 is 10.6 Å². The Kier molecular flexibility index (Phi) is 6.26. The first-order valence-electron chi connectivity index (χ1n) is 7.74. The molecule has 0 bridgehead atoms. The number of aromatic nitrogens is 1. The van der Waals surface area contributed by atoms with Crippen LogP contribution >= 0.6 is 11.3 Å². The molecule has 0 unspecified atom stereocenters. The Bertz CT molecular complexity index is 750. The molecule has 1 aromatic heterocycles. The fourth-order valence-electron chi connectivity index (χ4n) is 1.97. The minimum absolute atomic E-state index is 0.196. The summed E-state index contributed by atoms with van der Waals surface area (Å²) >= 11 is 1.53. The summed E-state index contributed by atoms with van der Waals surface area (Å²) in [5.41, 5.74) is 1.68. The Labute approximate surface area is 145 Å². The van der Waals surface area contributed by atoms with Gasteiger partial charge in [-0.15, -0.1) is 11.3 Å². The smallest absolute Gasteiger partial charge is 0.253 e. The van der Waals surface area contributed by atoms with Gasteiger partial charge in [-0.2, -0.15) is 0 Å². The van der Waals surface area contributed by atoms with E-state index in [1.807, 2.05) is 26.2 Å². The number of benzene rings is 1. The minimum Gasteiger partial charge on any atom is -0.352 e. The van der Waals surface area contributed by atoms with E-state index in [1.165, 1.54) is 17.4 Å². The van der Waals surface area contributed by atoms with Crippen LogP contribution in [-0.4, -0.2) is 23.3 Å². The quantitative estimate of drug-likeness (QED) is 0.789. The number of aryl methyl sites for hydroxylation is 1.